The zero-order valence-electron chi connectivity index (χ0n) is 12.3. The number of fused-ring (bicyclic) bond motifs is 5. The predicted molar refractivity (Wildman–Crippen MR) is 88.2 cm³/mol. The standard InChI is InChI=1S/C20H21N/c21-19-3-1-2-15-9-16-12-20(7-6-14(16)10-18(15)19)11-13-4-5-17(20)8-13/h1-5,9-10,13,17H,6-8,11-12,21H2. The molecule has 0 aromatic heterocycles. The molecule has 0 amide bonds. The summed E-state index contributed by atoms with van der Waals surface area (Å²) in [5.41, 5.74) is 10.8. The molecular formula is C20H21N. The van der Waals surface area contributed by atoms with Gasteiger partial charge < -0.3 is 5.73 Å². The molecule has 0 radical (unpaired) electrons. The summed E-state index contributed by atoms with van der Waals surface area (Å²) < 4.78 is 0. The van der Waals surface area contributed by atoms with E-state index in [-0.39, 0.29) is 0 Å². The van der Waals surface area contributed by atoms with Crippen LogP contribution in [0.4, 0.5) is 5.69 Å². The molecule has 106 valence electrons. The van der Waals surface area contributed by atoms with Crippen LogP contribution in [0.5, 0.6) is 0 Å². The van der Waals surface area contributed by atoms with Crippen LogP contribution in [0.2, 0.25) is 0 Å². The normalized spacial score (nSPS) is 33.0. The molecule has 2 N–H and O–H groups in total. The third-order valence-corrected chi connectivity index (χ3v) is 6.30. The van der Waals surface area contributed by atoms with Gasteiger partial charge in [-0.15, -0.1) is 0 Å². The van der Waals surface area contributed by atoms with E-state index in [4.69, 9.17) is 5.73 Å². The van der Waals surface area contributed by atoms with Crippen molar-refractivity contribution in [1.82, 2.24) is 0 Å². The first-order valence-corrected chi connectivity index (χ1v) is 8.22. The third kappa shape index (κ3) is 1.58. The van der Waals surface area contributed by atoms with Crippen LogP contribution in [0, 0.1) is 17.3 Å². The summed E-state index contributed by atoms with van der Waals surface area (Å²) in [5, 5.41) is 2.55. The maximum atomic E-state index is 6.15. The van der Waals surface area contributed by atoms with E-state index in [9.17, 15) is 0 Å². The number of hydrogen-bond donors (Lipinski definition) is 1. The Hall–Kier alpha value is -1.76. The number of hydrogen-bond acceptors (Lipinski definition) is 1. The van der Waals surface area contributed by atoms with Crippen LogP contribution >= 0.6 is 0 Å². The van der Waals surface area contributed by atoms with Gasteiger partial charge in [-0.05, 0) is 78.0 Å². The van der Waals surface area contributed by atoms with Gasteiger partial charge in [-0.1, -0.05) is 30.4 Å². The average Bonchev–Trinajstić information content (AvgIpc) is 3.07. The smallest absolute Gasteiger partial charge is 0.0393 e. The van der Waals surface area contributed by atoms with E-state index >= 15 is 0 Å². The highest BCUT2D eigenvalue weighted by molar-refractivity contribution is 5.94. The van der Waals surface area contributed by atoms with Crippen LogP contribution in [-0.2, 0) is 12.8 Å². The monoisotopic (exact) mass is 275 g/mol. The molecule has 0 aliphatic heterocycles. The maximum absolute atomic E-state index is 6.15. The van der Waals surface area contributed by atoms with Gasteiger partial charge in [0.15, 0.2) is 0 Å². The van der Waals surface area contributed by atoms with Gasteiger partial charge in [-0.25, -0.2) is 0 Å². The van der Waals surface area contributed by atoms with Gasteiger partial charge in [0.2, 0.25) is 0 Å². The largest absolute Gasteiger partial charge is 0.398 e. The van der Waals surface area contributed by atoms with E-state index in [1.54, 1.807) is 5.56 Å². The number of benzene rings is 2. The number of anilines is 1. The number of aryl methyl sites for hydroxylation is 1. The number of rotatable bonds is 0. The maximum Gasteiger partial charge on any atom is 0.0393 e. The van der Waals surface area contributed by atoms with Crippen LogP contribution in [0.1, 0.15) is 30.4 Å². The molecule has 3 unspecified atom stereocenters. The van der Waals surface area contributed by atoms with E-state index in [1.165, 1.54) is 48.4 Å². The molecular weight excluding hydrogens is 254 g/mol. The summed E-state index contributed by atoms with van der Waals surface area (Å²) in [6, 6.07) is 11.1. The predicted octanol–water partition coefficient (Wildman–Crippen LogP) is 4.49. The van der Waals surface area contributed by atoms with Gasteiger partial charge in [-0.3, -0.25) is 0 Å². The first kappa shape index (κ1) is 11.9. The zero-order chi connectivity index (χ0) is 14.0. The summed E-state index contributed by atoms with van der Waals surface area (Å²) in [7, 11) is 0. The molecule has 1 nitrogen and oxygen atoms in total. The summed E-state index contributed by atoms with van der Waals surface area (Å²) in [6.07, 6.45) is 11.7. The Balaban J connectivity index is 1.62. The fourth-order valence-electron chi connectivity index (χ4n) is 5.23. The first-order valence-electron chi connectivity index (χ1n) is 8.22. The van der Waals surface area contributed by atoms with Gasteiger partial charge in [0.05, 0.1) is 0 Å². The van der Waals surface area contributed by atoms with Crippen molar-refractivity contribution in [3.8, 4) is 0 Å². The van der Waals surface area contributed by atoms with E-state index in [0.29, 0.717) is 5.41 Å². The van der Waals surface area contributed by atoms with Crippen molar-refractivity contribution in [2.24, 2.45) is 17.3 Å². The Morgan fingerprint density at radius 2 is 2.05 bits per heavy atom. The lowest BCUT2D eigenvalue weighted by molar-refractivity contribution is 0.195. The molecule has 3 aliphatic rings. The van der Waals surface area contributed by atoms with Gasteiger partial charge in [0, 0.05) is 11.1 Å². The minimum Gasteiger partial charge on any atom is -0.398 e. The van der Waals surface area contributed by atoms with Gasteiger partial charge in [0.1, 0.15) is 0 Å². The molecule has 2 aromatic rings. The lowest BCUT2D eigenvalue weighted by Gasteiger charge is -2.40. The van der Waals surface area contributed by atoms with Crippen molar-refractivity contribution >= 4 is 16.5 Å². The molecule has 2 bridgehead atoms. The van der Waals surface area contributed by atoms with Crippen LogP contribution < -0.4 is 5.73 Å². The molecule has 1 heteroatoms. The minimum absolute atomic E-state index is 0.570. The lowest BCUT2D eigenvalue weighted by Crippen LogP contribution is -2.32. The van der Waals surface area contributed by atoms with Crippen LogP contribution in [0.15, 0.2) is 42.5 Å². The van der Waals surface area contributed by atoms with E-state index in [0.717, 1.165) is 17.5 Å². The highest BCUT2D eigenvalue weighted by atomic mass is 14.6. The van der Waals surface area contributed by atoms with Crippen LogP contribution in [0.25, 0.3) is 10.8 Å². The quantitative estimate of drug-likeness (QED) is 0.556. The summed E-state index contributed by atoms with van der Waals surface area (Å²) >= 11 is 0. The first-order chi connectivity index (χ1) is 10.2. The molecule has 2 aromatic carbocycles. The fraction of sp³-hybridized carbons (Fsp3) is 0.400. The Morgan fingerprint density at radius 3 is 2.86 bits per heavy atom. The Morgan fingerprint density at radius 1 is 1.10 bits per heavy atom. The van der Waals surface area contributed by atoms with E-state index in [1.807, 2.05) is 6.07 Å². The lowest BCUT2D eigenvalue weighted by atomic mass is 9.64. The molecule has 1 spiro atoms. The molecule has 21 heavy (non-hydrogen) atoms. The number of nitrogen functional groups attached to an aromatic ring is 1. The van der Waals surface area contributed by atoms with Gasteiger partial charge in [0.25, 0.3) is 0 Å². The summed E-state index contributed by atoms with van der Waals surface area (Å²) in [6.45, 7) is 0. The van der Waals surface area contributed by atoms with Crippen LogP contribution in [-0.4, -0.2) is 0 Å². The number of allylic oxidation sites excluding steroid dienone is 2. The topological polar surface area (TPSA) is 26.0 Å². The van der Waals surface area contributed by atoms with E-state index in [2.05, 4.69) is 36.4 Å². The summed E-state index contributed by atoms with van der Waals surface area (Å²) in [5.74, 6) is 1.71. The highest BCUT2D eigenvalue weighted by Crippen LogP contribution is 2.57. The number of nitrogens with two attached hydrogens (primary N) is 1. The Labute approximate surface area is 125 Å². The van der Waals surface area contributed by atoms with Crippen molar-refractivity contribution in [2.45, 2.75) is 32.1 Å². The second-order valence-corrected chi connectivity index (χ2v) is 7.42. The SMILES string of the molecule is Nc1cccc2cc3c(cc12)CCC1(C3)CC2C=CC1C2. The second kappa shape index (κ2) is 3.91. The molecule has 3 aliphatic carbocycles. The molecule has 1 saturated carbocycles. The molecule has 0 saturated heterocycles. The Kier molecular flexibility index (Phi) is 2.21. The van der Waals surface area contributed by atoms with Gasteiger partial charge in [-0.2, -0.15) is 0 Å². The fourth-order valence-corrected chi connectivity index (χ4v) is 5.23. The molecule has 0 heterocycles. The van der Waals surface area contributed by atoms with E-state index < -0.39 is 0 Å². The second-order valence-electron chi connectivity index (χ2n) is 7.42. The Bertz CT molecular complexity index is 773. The van der Waals surface area contributed by atoms with Crippen molar-refractivity contribution in [2.75, 3.05) is 5.73 Å². The minimum atomic E-state index is 0.570. The zero-order valence-corrected chi connectivity index (χ0v) is 12.3. The van der Waals surface area contributed by atoms with Gasteiger partial charge >= 0.3 is 0 Å². The van der Waals surface area contributed by atoms with Crippen LogP contribution in [0.3, 0.4) is 0 Å². The summed E-state index contributed by atoms with van der Waals surface area (Å²) in [4.78, 5) is 0. The average molecular weight is 275 g/mol. The molecule has 3 atom stereocenters. The van der Waals surface area contributed by atoms with Crippen molar-refractivity contribution < 1.29 is 0 Å². The molecule has 5 rings (SSSR count). The highest BCUT2D eigenvalue weighted by Gasteiger charge is 2.49. The molecule has 1 fully saturated rings. The third-order valence-electron chi connectivity index (χ3n) is 6.30. The van der Waals surface area contributed by atoms with Crippen molar-refractivity contribution in [1.29, 1.82) is 0 Å². The van der Waals surface area contributed by atoms with Crippen molar-refractivity contribution in [3.05, 3.63) is 53.6 Å². The van der Waals surface area contributed by atoms with Crippen molar-refractivity contribution in [3.63, 3.8) is 0 Å².